The zero-order valence-electron chi connectivity index (χ0n) is 12.2. The first-order chi connectivity index (χ1) is 10.4. The van der Waals surface area contributed by atoms with E-state index in [2.05, 4.69) is 10.2 Å². The molecule has 1 saturated heterocycles. The Morgan fingerprint density at radius 1 is 1.00 bits per heavy atom. The van der Waals surface area contributed by atoms with Gasteiger partial charge < -0.3 is 20.4 Å². The van der Waals surface area contributed by atoms with Crippen molar-refractivity contribution in [2.75, 3.05) is 20.1 Å². The topological polar surface area (TPSA) is 107 Å². The van der Waals surface area contributed by atoms with Crippen molar-refractivity contribution in [3.05, 3.63) is 34.9 Å². The first-order valence-corrected chi connectivity index (χ1v) is 6.98. The average molecular weight is 306 g/mol. The van der Waals surface area contributed by atoms with Crippen LogP contribution in [0, 0.1) is 0 Å². The van der Waals surface area contributed by atoms with Crippen molar-refractivity contribution in [1.29, 1.82) is 0 Å². The Labute approximate surface area is 127 Å². The van der Waals surface area contributed by atoms with Crippen LogP contribution in [0.25, 0.3) is 0 Å². The van der Waals surface area contributed by atoms with Gasteiger partial charge in [-0.15, -0.1) is 0 Å². The maximum Gasteiger partial charge on any atom is 0.335 e. The van der Waals surface area contributed by atoms with Crippen LogP contribution in [0.3, 0.4) is 0 Å². The summed E-state index contributed by atoms with van der Waals surface area (Å²) in [5.74, 6) is -2.98. The number of aromatic carboxylic acids is 2. The number of likely N-dealkylation sites (tertiary alicyclic amines) is 1. The van der Waals surface area contributed by atoms with Crippen LogP contribution in [-0.2, 0) is 0 Å². The SMILES string of the molecule is CN1CCC(NC(=O)c2cc(C(=O)O)cc(C(=O)O)c2)CC1. The second-order valence-corrected chi connectivity index (χ2v) is 5.46. The summed E-state index contributed by atoms with van der Waals surface area (Å²) < 4.78 is 0. The lowest BCUT2D eigenvalue weighted by Crippen LogP contribution is -2.43. The molecule has 1 aliphatic heterocycles. The predicted octanol–water partition coefficient (Wildman–Crippen LogP) is 0.907. The third-order valence-corrected chi connectivity index (χ3v) is 3.74. The summed E-state index contributed by atoms with van der Waals surface area (Å²) in [6.07, 6.45) is 1.62. The van der Waals surface area contributed by atoms with Crippen molar-refractivity contribution in [1.82, 2.24) is 10.2 Å². The number of carboxylic acids is 2. The summed E-state index contributed by atoms with van der Waals surface area (Å²) >= 11 is 0. The molecule has 1 aromatic carbocycles. The molecule has 0 aromatic heterocycles. The summed E-state index contributed by atoms with van der Waals surface area (Å²) in [7, 11) is 2.01. The number of carboxylic acid groups (broad SMARTS) is 2. The number of hydrogen-bond donors (Lipinski definition) is 3. The second-order valence-electron chi connectivity index (χ2n) is 5.46. The summed E-state index contributed by atoms with van der Waals surface area (Å²) in [5.41, 5.74) is -0.377. The molecular formula is C15H18N2O5. The van der Waals surface area contributed by atoms with Crippen molar-refractivity contribution in [3.8, 4) is 0 Å². The van der Waals surface area contributed by atoms with Crippen LogP contribution in [-0.4, -0.2) is 59.1 Å². The molecule has 0 bridgehead atoms. The van der Waals surface area contributed by atoms with E-state index in [1.807, 2.05) is 7.05 Å². The molecule has 1 amide bonds. The highest BCUT2D eigenvalue weighted by molar-refractivity contribution is 6.01. The highest BCUT2D eigenvalue weighted by atomic mass is 16.4. The lowest BCUT2D eigenvalue weighted by molar-refractivity contribution is 0.0696. The van der Waals surface area contributed by atoms with Crippen molar-refractivity contribution in [2.45, 2.75) is 18.9 Å². The lowest BCUT2D eigenvalue weighted by Gasteiger charge is -2.29. The molecular weight excluding hydrogens is 288 g/mol. The van der Waals surface area contributed by atoms with Gasteiger partial charge in [0.2, 0.25) is 0 Å². The monoisotopic (exact) mass is 306 g/mol. The number of benzene rings is 1. The Bertz CT molecular complexity index is 574. The van der Waals surface area contributed by atoms with Crippen molar-refractivity contribution < 1.29 is 24.6 Å². The van der Waals surface area contributed by atoms with Crippen LogP contribution in [0.2, 0.25) is 0 Å². The Morgan fingerprint density at radius 3 is 1.91 bits per heavy atom. The van der Waals surface area contributed by atoms with E-state index in [1.165, 1.54) is 12.1 Å². The zero-order valence-corrected chi connectivity index (χ0v) is 12.2. The summed E-state index contributed by atoms with van der Waals surface area (Å²) in [6.45, 7) is 1.75. The zero-order chi connectivity index (χ0) is 16.3. The molecule has 7 heteroatoms. The highest BCUT2D eigenvalue weighted by Gasteiger charge is 2.21. The molecule has 0 saturated carbocycles. The number of amides is 1. The third-order valence-electron chi connectivity index (χ3n) is 3.74. The van der Waals surface area contributed by atoms with Crippen molar-refractivity contribution >= 4 is 17.8 Å². The van der Waals surface area contributed by atoms with Crippen LogP contribution in [0.1, 0.15) is 43.9 Å². The number of rotatable bonds is 4. The van der Waals surface area contributed by atoms with E-state index in [-0.39, 0.29) is 22.7 Å². The fraction of sp³-hybridized carbons (Fsp3) is 0.400. The van der Waals surface area contributed by atoms with Crippen LogP contribution in [0.5, 0.6) is 0 Å². The third kappa shape index (κ3) is 3.82. The van der Waals surface area contributed by atoms with Gasteiger partial charge in [-0.25, -0.2) is 9.59 Å². The highest BCUT2D eigenvalue weighted by Crippen LogP contribution is 2.13. The first kappa shape index (κ1) is 16.0. The van der Waals surface area contributed by atoms with Gasteiger partial charge in [-0.3, -0.25) is 4.79 Å². The van der Waals surface area contributed by atoms with Crippen LogP contribution in [0.15, 0.2) is 18.2 Å². The quantitative estimate of drug-likeness (QED) is 0.763. The van der Waals surface area contributed by atoms with E-state index in [9.17, 15) is 14.4 Å². The van der Waals surface area contributed by atoms with Gasteiger partial charge in [-0.2, -0.15) is 0 Å². The molecule has 1 aromatic rings. The standard InChI is InChI=1S/C15H18N2O5/c1-17-4-2-12(3-5-17)16-13(18)9-6-10(14(19)20)8-11(7-9)15(21)22/h6-8,12H,2-5H2,1H3,(H,16,18)(H,19,20)(H,21,22). The van der Waals surface area contributed by atoms with Gasteiger partial charge in [0.15, 0.2) is 0 Å². The molecule has 22 heavy (non-hydrogen) atoms. The Morgan fingerprint density at radius 2 is 1.45 bits per heavy atom. The van der Waals surface area contributed by atoms with E-state index in [0.29, 0.717) is 0 Å². The molecule has 0 spiro atoms. The van der Waals surface area contributed by atoms with Crippen molar-refractivity contribution in [3.63, 3.8) is 0 Å². The molecule has 2 rings (SSSR count). The molecule has 118 valence electrons. The smallest absolute Gasteiger partial charge is 0.335 e. The number of hydrogen-bond acceptors (Lipinski definition) is 4. The second kappa shape index (κ2) is 6.57. The lowest BCUT2D eigenvalue weighted by atomic mass is 10.0. The molecule has 1 aliphatic rings. The van der Waals surface area contributed by atoms with E-state index in [0.717, 1.165) is 32.0 Å². The van der Waals surface area contributed by atoms with Gasteiger partial charge in [-0.1, -0.05) is 0 Å². The Hall–Kier alpha value is -2.41. The van der Waals surface area contributed by atoms with Crippen LogP contribution >= 0.6 is 0 Å². The van der Waals surface area contributed by atoms with Gasteiger partial charge in [-0.05, 0) is 51.2 Å². The summed E-state index contributed by atoms with van der Waals surface area (Å²) in [6, 6.07) is 3.44. The van der Waals surface area contributed by atoms with Gasteiger partial charge in [0.05, 0.1) is 11.1 Å². The molecule has 0 aliphatic carbocycles. The molecule has 0 atom stereocenters. The van der Waals surface area contributed by atoms with E-state index in [1.54, 1.807) is 0 Å². The Kier molecular flexibility index (Phi) is 4.77. The van der Waals surface area contributed by atoms with Gasteiger partial charge >= 0.3 is 11.9 Å². The number of nitrogens with zero attached hydrogens (tertiary/aromatic N) is 1. The summed E-state index contributed by atoms with van der Waals surface area (Å²) in [5, 5.41) is 20.9. The normalized spacial score (nSPS) is 16.2. The number of piperidine rings is 1. The Balaban J connectivity index is 2.18. The van der Waals surface area contributed by atoms with Gasteiger partial charge in [0.1, 0.15) is 0 Å². The maximum atomic E-state index is 12.2. The molecule has 0 unspecified atom stereocenters. The molecule has 0 radical (unpaired) electrons. The number of carbonyl (C=O) groups is 3. The molecule has 3 N–H and O–H groups in total. The largest absolute Gasteiger partial charge is 0.478 e. The maximum absolute atomic E-state index is 12.2. The number of nitrogens with one attached hydrogen (secondary N) is 1. The molecule has 1 fully saturated rings. The van der Waals surface area contributed by atoms with Gasteiger partial charge in [0, 0.05) is 11.6 Å². The fourth-order valence-corrected chi connectivity index (χ4v) is 2.43. The molecule has 1 heterocycles. The van der Waals surface area contributed by atoms with Crippen LogP contribution < -0.4 is 5.32 Å². The number of carbonyl (C=O) groups excluding carboxylic acids is 1. The van der Waals surface area contributed by atoms with Crippen LogP contribution in [0.4, 0.5) is 0 Å². The molecule has 7 nitrogen and oxygen atoms in total. The van der Waals surface area contributed by atoms with E-state index < -0.39 is 17.8 Å². The predicted molar refractivity (Wildman–Crippen MR) is 78.3 cm³/mol. The average Bonchev–Trinajstić information content (AvgIpc) is 2.49. The minimum absolute atomic E-state index is 0.0189. The van der Waals surface area contributed by atoms with E-state index >= 15 is 0 Å². The minimum Gasteiger partial charge on any atom is -0.478 e. The van der Waals surface area contributed by atoms with Gasteiger partial charge in [0.25, 0.3) is 5.91 Å². The van der Waals surface area contributed by atoms with Crippen molar-refractivity contribution in [2.24, 2.45) is 0 Å². The first-order valence-electron chi connectivity index (χ1n) is 6.98. The fourth-order valence-electron chi connectivity index (χ4n) is 2.43. The van der Waals surface area contributed by atoms with E-state index in [4.69, 9.17) is 10.2 Å². The minimum atomic E-state index is -1.27. The summed E-state index contributed by atoms with van der Waals surface area (Å²) in [4.78, 5) is 36.5.